The van der Waals surface area contributed by atoms with Crippen molar-refractivity contribution in [1.29, 1.82) is 0 Å². The van der Waals surface area contributed by atoms with Crippen molar-refractivity contribution < 1.29 is 9.47 Å². The molecular weight excluding hydrogens is 438 g/mol. The molecule has 2 heterocycles. The van der Waals surface area contributed by atoms with Gasteiger partial charge in [-0.15, -0.1) is 11.8 Å². The lowest BCUT2D eigenvalue weighted by molar-refractivity contribution is 0.0130. The lowest BCUT2D eigenvalue weighted by Crippen LogP contribution is -2.36. The Morgan fingerprint density at radius 2 is 1.70 bits per heavy atom. The average molecular weight is 468 g/mol. The Balaban J connectivity index is 1.48. The van der Waals surface area contributed by atoms with Crippen LogP contribution in [0.3, 0.4) is 0 Å². The van der Waals surface area contributed by atoms with E-state index < -0.39 is 11.2 Å². The standard InChI is InChI=1S/C25H29N3O4S/c1-2-9-20-24(29)26-25(30)28(27-20)23-14-21(32-16-19-12-7-4-8-13-19)22(33-23)17-31-15-18-10-5-3-6-11-18/h3-8,10-13,21-23H,2,9,14-17H2,1H3,(H,26,29,30)/t21-,22+,23?/m0/s1. The third kappa shape index (κ3) is 6.22. The van der Waals surface area contributed by atoms with E-state index in [1.165, 1.54) is 4.68 Å². The van der Waals surface area contributed by atoms with E-state index in [2.05, 4.69) is 10.1 Å². The first-order chi connectivity index (χ1) is 16.1. The maximum atomic E-state index is 12.5. The summed E-state index contributed by atoms with van der Waals surface area (Å²) in [5.74, 6) is 0. The summed E-state index contributed by atoms with van der Waals surface area (Å²) in [5.41, 5.74) is 1.72. The minimum Gasteiger partial charge on any atom is -0.376 e. The Morgan fingerprint density at radius 3 is 2.36 bits per heavy atom. The maximum Gasteiger partial charge on any atom is 0.345 e. The fourth-order valence-electron chi connectivity index (χ4n) is 3.86. The third-order valence-corrected chi connectivity index (χ3v) is 7.06. The van der Waals surface area contributed by atoms with Gasteiger partial charge in [-0.05, 0) is 17.5 Å². The Hall–Kier alpha value is -2.68. The molecule has 7 nitrogen and oxygen atoms in total. The quantitative estimate of drug-likeness (QED) is 0.489. The molecular formula is C25H29N3O4S. The van der Waals surface area contributed by atoms with E-state index in [0.717, 1.165) is 17.5 Å². The lowest BCUT2D eigenvalue weighted by Gasteiger charge is -2.19. The van der Waals surface area contributed by atoms with Gasteiger partial charge in [-0.25, -0.2) is 9.48 Å². The smallest absolute Gasteiger partial charge is 0.345 e. The average Bonchev–Trinajstić information content (AvgIpc) is 3.23. The summed E-state index contributed by atoms with van der Waals surface area (Å²) in [6.07, 6.45) is 1.82. The molecule has 33 heavy (non-hydrogen) atoms. The van der Waals surface area contributed by atoms with Crippen molar-refractivity contribution in [3.8, 4) is 0 Å². The zero-order valence-electron chi connectivity index (χ0n) is 18.7. The van der Waals surface area contributed by atoms with Crippen LogP contribution in [-0.4, -0.2) is 32.7 Å². The summed E-state index contributed by atoms with van der Waals surface area (Å²) in [6, 6.07) is 20.1. The predicted octanol–water partition coefficient (Wildman–Crippen LogP) is 3.69. The molecule has 0 saturated carbocycles. The van der Waals surface area contributed by atoms with Gasteiger partial charge in [0.1, 0.15) is 11.1 Å². The first-order valence-electron chi connectivity index (χ1n) is 11.3. The van der Waals surface area contributed by atoms with Crippen molar-refractivity contribution in [3.63, 3.8) is 0 Å². The summed E-state index contributed by atoms with van der Waals surface area (Å²) < 4.78 is 13.7. The summed E-state index contributed by atoms with van der Waals surface area (Å²) in [6.45, 7) is 3.48. The number of aryl methyl sites for hydroxylation is 1. The van der Waals surface area contributed by atoms with Gasteiger partial charge in [-0.1, -0.05) is 74.0 Å². The molecule has 8 heteroatoms. The SMILES string of the molecule is CCCc1nn(C2C[C@H](OCc3ccccc3)[C@@H](COCc3ccccc3)S2)c(=O)[nH]c1=O. The van der Waals surface area contributed by atoms with Crippen LogP contribution in [-0.2, 0) is 29.1 Å². The number of hydrogen-bond donors (Lipinski definition) is 1. The molecule has 0 radical (unpaired) electrons. The second kappa shape index (κ2) is 11.4. The lowest BCUT2D eigenvalue weighted by atomic mass is 10.2. The van der Waals surface area contributed by atoms with Crippen LogP contribution in [0.4, 0.5) is 0 Å². The number of nitrogens with zero attached hydrogens (tertiary/aromatic N) is 2. The van der Waals surface area contributed by atoms with Crippen molar-refractivity contribution in [3.05, 3.63) is 98.3 Å². The van der Waals surface area contributed by atoms with Crippen LogP contribution >= 0.6 is 11.8 Å². The van der Waals surface area contributed by atoms with E-state index in [4.69, 9.17) is 9.47 Å². The monoisotopic (exact) mass is 467 g/mol. The van der Waals surface area contributed by atoms with Crippen molar-refractivity contribution >= 4 is 11.8 Å². The van der Waals surface area contributed by atoms with Crippen LogP contribution in [0.25, 0.3) is 0 Å². The Kier molecular flexibility index (Phi) is 8.15. The van der Waals surface area contributed by atoms with Crippen molar-refractivity contribution in [1.82, 2.24) is 14.8 Å². The molecule has 1 N–H and O–H groups in total. The summed E-state index contributed by atoms with van der Waals surface area (Å²) in [7, 11) is 0. The maximum absolute atomic E-state index is 12.5. The summed E-state index contributed by atoms with van der Waals surface area (Å²) >= 11 is 1.62. The molecule has 0 spiro atoms. The molecule has 2 aromatic carbocycles. The zero-order chi connectivity index (χ0) is 23.0. The van der Waals surface area contributed by atoms with Crippen molar-refractivity contribution in [2.75, 3.05) is 6.61 Å². The van der Waals surface area contributed by atoms with E-state index in [0.29, 0.717) is 38.4 Å². The third-order valence-electron chi connectivity index (χ3n) is 5.56. The van der Waals surface area contributed by atoms with Crippen LogP contribution in [0.5, 0.6) is 0 Å². The number of aromatic nitrogens is 3. The first-order valence-corrected chi connectivity index (χ1v) is 12.2. The number of hydrogen-bond acceptors (Lipinski definition) is 6. The van der Waals surface area contributed by atoms with Crippen LogP contribution in [0.15, 0.2) is 70.3 Å². The minimum absolute atomic E-state index is 0.0395. The molecule has 1 aromatic heterocycles. The fraction of sp³-hybridized carbons (Fsp3) is 0.400. The molecule has 0 aliphatic carbocycles. The molecule has 1 saturated heterocycles. The molecule has 1 fully saturated rings. The van der Waals surface area contributed by atoms with Gasteiger partial charge in [0.25, 0.3) is 5.56 Å². The number of aromatic amines is 1. The number of H-pyrrole nitrogens is 1. The Labute approximate surface area is 197 Å². The largest absolute Gasteiger partial charge is 0.376 e. The highest BCUT2D eigenvalue weighted by molar-refractivity contribution is 8.00. The number of benzene rings is 2. The van der Waals surface area contributed by atoms with Gasteiger partial charge in [-0.2, -0.15) is 5.10 Å². The highest BCUT2D eigenvalue weighted by Crippen LogP contribution is 2.42. The second-order valence-corrected chi connectivity index (χ2v) is 9.52. The van der Waals surface area contributed by atoms with Crippen LogP contribution in [0.1, 0.15) is 42.0 Å². The van der Waals surface area contributed by atoms with Gasteiger partial charge in [-0.3, -0.25) is 9.78 Å². The van der Waals surface area contributed by atoms with E-state index in [9.17, 15) is 9.59 Å². The molecule has 3 aromatic rings. The van der Waals surface area contributed by atoms with Crippen LogP contribution < -0.4 is 11.2 Å². The van der Waals surface area contributed by atoms with Crippen molar-refractivity contribution in [2.45, 2.75) is 56.1 Å². The summed E-state index contributed by atoms with van der Waals surface area (Å²) in [5, 5.41) is 4.22. The number of rotatable bonds is 10. The highest BCUT2D eigenvalue weighted by atomic mass is 32.2. The molecule has 4 rings (SSSR count). The van der Waals surface area contributed by atoms with Gasteiger partial charge in [0.05, 0.1) is 31.2 Å². The topological polar surface area (TPSA) is 86.2 Å². The number of thioether (sulfide) groups is 1. The minimum atomic E-state index is -0.481. The number of ether oxygens (including phenoxy) is 2. The van der Waals surface area contributed by atoms with Crippen LogP contribution in [0.2, 0.25) is 0 Å². The van der Waals surface area contributed by atoms with Crippen LogP contribution in [0, 0.1) is 0 Å². The molecule has 0 bridgehead atoms. The highest BCUT2D eigenvalue weighted by Gasteiger charge is 2.38. The zero-order valence-corrected chi connectivity index (χ0v) is 19.5. The molecule has 1 aliphatic rings. The van der Waals surface area contributed by atoms with Gasteiger partial charge in [0.15, 0.2) is 0 Å². The summed E-state index contributed by atoms with van der Waals surface area (Å²) in [4.78, 5) is 27.0. The van der Waals surface area contributed by atoms with E-state index >= 15 is 0 Å². The van der Waals surface area contributed by atoms with Crippen molar-refractivity contribution in [2.24, 2.45) is 0 Å². The number of nitrogens with one attached hydrogen (secondary N) is 1. The molecule has 1 aliphatic heterocycles. The normalized spacial score (nSPS) is 20.2. The van der Waals surface area contributed by atoms with E-state index in [-0.39, 0.29) is 16.7 Å². The Bertz CT molecular complexity index is 1130. The molecule has 3 atom stereocenters. The first kappa shape index (κ1) is 23.5. The molecule has 1 unspecified atom stereocenters. The molecule has 174 valence electrons. The Morgan fingerprint density at radius 1 is 1.03 bits per heavy atom. The predicted molar refractivity (Wildman–Crippen MR) is 129 cm³/mol. The molecule has 0 amide bonds. The fourth-order valence-corrected chi connectivity index (χ4v) is 5.36. The van der Waals surface area contributed by atoms with E-state index in [1.54, 1.807) is 11.8 Å². The van der Waals surface area contributed by atoms with Gasteiger partial charge >= 0.3 is 5.69 Å². The van der Waals surface area contributed by atoms with Gasteiger partial charge < -0.3 is 9.47 Å². The van der Waals surface area contributed by atoms with Gasteiger partial charge in [0.2, 0.25) is 0 Å². The second-order valence-electron chi connectivity index (χ2n) is 8.10. The van der Waals surface area contributed by atoms with E-state index in [1.807, 2.05) is 67.6 Å². The van der Waals surface area contributed by atoms with Gasteiger partial charge in [0, 0.05) is 6.42 Å².